The zero-order valence-electron chi connectivity index (χ0n) is 10.3. The minimum absolute atomic E-state index is 0.688. The van der Waals surface area contributed by atoms with Gasteiger partial charge in [-0.1, -0.05) is 55.3 Å². The zero-order chi connectivity index (χ0) is 12.0. The monoisotopic (exact) mass is 237 g/mol. The number of halogens is 1. The molecule has 16 heavy (non-hydrogen) atoms. The van der Waals surface area contributed by atoms with Gasteiger partial charge in [-0.3, -0.25) is 0 Å². The van der Waals surface area contributed by atoms with Gasteiger partial charge in [0.25, 0.3) is 0 Å². The second kappa shape index (κ2) is 6.72. The largest absolute Gasteiger partial charge is 0.313 e. The molecule has 2 heteroatoms. The molecule has 1 aromatic carbocycles. The molecule has 1 rings (SSSR count). The average Bonchev–Trinajstić information content (AvgIpc) is 2.21. The highest BCUT2D eigenvalue weighted by Gasteiger charge is 1.97. The van der Waals surface area contributed by atoms with Crippen LogP contribution in [0.1, 0.15) is 26.3 Å². The molecule has 0 saturated heterocycles. The molecule has 1 N–H and O–H groups in total. The first kappa shape index (κ1) is 13.3. The molecule has 0 unspecified atom stereocenters. The number of hydrogen-bond donors (Lipinski definition) is 1. The predicted molar refractivity (Wildman–Crippen MR) is 72.8 cm³/mol. The van der Waals surface area contributed by atoms with Crippen molar-refractivity contribution >= 4 is 17.7 Å². The van der Waals surface area contributed by atoms with Crippen molar-refractivity contribution in [2.45, 2.75) is 20.8 Å². The Morgan fingerprint density at radius 2 is 2.06 bits per heavy atom. The third kappa shape index (κ3) is 4.82. The Balaban J connectivity index is 2.53. The van der Waals surface area contributed by atoms with E-state index < -0.39 is 0 Å². The van der Waals surface area contributed by atoms with E-state index >= 15 is 0 Å². The molecule has 0 aromatic heterocycles. The van der Waals surface area contributed by atoms with E-state index in [4.69, 9.17) is 11.6 Å². The summed E-state index contributed by atoms with van der Waals surface area (Å²) >= 11 is 6.09. The van der Waals surface area contributed by atoms with Crippen molar-refractivity contribution in [2.75, 3.05) is 13.1 Å². The lowest BCUT2D eigenvalue weighted by Gasteiger charge is -2.08. The quantitative estimate of drug-likeness (QED) is 0.817. The summed E-state index contributed by atoms with van der Waals surface area (Å²) in [4.78, 5) is 0. The predicted octanol–water partition coefficient (Wildman–Crippen LogP) is 3.99. The van der Waals surface area contributed by atoms with Crippen molar-refractivity contribution < 1.29 is 0 Å². The molecule has 0 saturated carbocycles. The van der Waals surface area contributed by atoms with Crippen LogP contribution in [-0.4, -0.2) is 13.1 Å². The van der Waals surface area contributed by atoms with E-state index in [1.54, 1.807) is 0 Å². The first-order chi connectivity index (χ1) is 7.59. The molecule has 1 nitrogen and oxygen atoms in total. The lowest BCUT2D eigenvalue weighted by molar-refractivity contribution is 0.572. The van der Waals surface area contributed by atoms with Crippen molar-refractivity contribution in [3.63, 3.8) is 0 Å². The summed E-state index contributed by atoms with van der Waals surface area (Å²) in [6, 6.07) is 7.91. The summed E-state index contributed by atoms with van der Waals surface area (Å²) < 4.78 is 0. The van der Waals surface area contributed by atoms with Crippen molar-refractivity contribution in [1.82, 2.24) is 5.32 Å². The molecule has 88 valence electrons. The van der Waals surface area contributed by atoms with Crippen LogP contribution in [0.3, 0.4) is 0 Å². The number of benzene rings is 1. The van der Waals surface area contributed by atoms with Gasteiger partial charge in [0.05, 0.1) is 0 Å². The van der Waals surface area contributed by atoms with Gasteiger partial charge in [-0.05, 0) is 31.0 Å². The highest BCUT2D eigenvalue weighted by molar-refractivity contribution is 6.32. The summed E-state index contributed by atoms with van der Waals surface area (Å²) in [6.45, 7) is 8.51. The maximum absolute atomic E-state index is 6.09. The molecule has 0 fully saturated rings. The van der Waals surface area contributed by atoms with Crippen molar-refractivity contribution in [2.24, 2.45) is 5.92 Å². The van der Waals surface area contributed by atoms with Crippen molar-refractivity contribution in [1.29, 1.82) is 0 Å². The number of hydrogen-bond acceptors (Lipinski definition) is 1. The molecule has 0 heterocycles. The Morgan fingerprint density at radius 1 is 1.38 bits per heavy atom. The summed E-state index contributed by atoms with van der Waals surface area (Å²) in [5.41, 5.74) is 2.39. The van der Waals surface area contributed by atoms with Crippen molar-refractivity contribution in [3.8, 4) is 0 Å². The summed E-state index contributed by atoms with van der Waals surface area (Å²) in [6.07, 6.45) is 2.13. The van der Waals surface area contributed by atoms with E-state index in [2.05, 4.69) is 32.2 Å². The van der Waals surface area contributed by atoms with E-state index in [0.29, 0.717) is 5.92 Å². The van der Waals surface area contributed by atoms with Gasteiger partial charge in [-0.25, -0.2) is 0 Å². The lowest BCUT2D eigenvalue weighted by atomic mass is 10.1. The fourth-order valence-corrected chi connectivity index (χ4v) is 1.66. The molecular weight excluding hydrogens is 218 g/mol. The standard InChI is InChI=1S/C14H20ClN/c1-11(2)9-16-10-12(3)8-13-6-4-5-7-14(13)15/h4-8,11,16H,9-10H2,1-3H3. The third-order valence-corrected chi connectivity index (χ3v) is 2.61. The second-order valence-electron chi connectivity index (χ2n) is 4.54. The number of nitrogens with one attached hydrogen (secondary N) is 1. The van der Waals surface area contributed by atoms with Gasteiger partial charge in [0.1, 0.15) is 0 Å². The third-order valence-electron chi connectivity index (χ3n) is 2.26. The van der Waals surface area contributed by atoms with E-state index in [1.165, 1.54) is 5.57 Å². The van der Waals surface area contributed by atoms with Crippen LogP contribution in [0.15, 0.2) is 29.8 Å². The van der Waals surface area contributed by atoms with Gasteiger partial charge >= 0.3 is 0 Å². The molecule has 0 spiro atoms. The van der Waals surface area contributed by atoms with E-state index in [1.807, 2.05) is 24.3 Å². The molecule has 1 aromatic rings. The van der Waals surface area contributed by atoms with Gasteiger partial charge in [0.15, 0.2) is 0 Å². The topological polar surface area (TPSA) is 12.0 Å². The van der Waals surface area contributed by atoms with Gasteiger partial charge in [-0.15, -0.1) is 0 Å². The van der Waals surface area contributed by atoms with Gasteiger partial charge in [0, 0.05) is 11.6 Å². The first-order valence-corrected chi connectivity index (χ1v) is 6.10. The normalized spacial score (nSPS) is 12.2. The fraction of sp³-hybridized carbons (Fsp3) is 0.429. The Labute approximate surface area is 104 Å². The molecule has 0 aliphatic carbocycles. The van der Waals surface area contributed by atoms with Gasteiger partial charge < -0.3 is 5.32 Å². The smallest absolute Gasteiger partial charge is 0.0478 e. The summed E-state index contributed by atoms with van der Waals surface area (Å²) in [5.74, 6) is 0.688. The first-order valence-electron chi connectivity index (χ1n) is 5.72. The summed E-state index contributed by atoms with van der Waals surface area (Å²) in [7, 11) is 0. The minimum Gasteiger partial charge on any atom is -0.313 e. The van der Waals surface area contributed by atoms with Crippen LogP contribution in [0.2, 0.25) is 5.02 Å². The number of rotatable bonds is 5. The Bertz CT molecular complexity index is 356. The van der Waals surface area contributed by atoms with Crippen LogP contribution in [0.5, 0.6) is 0 Å². The SMILES string of the molecule is CC(=Cc1ccccc1Cl)CNCC(C)C. The van der Waals surface area contributed by atoms with E-state index in [9.17, 15) is 0 Å². The highest BCUT2D eigenvalue weighted by atomic mass is 35.5. The summed E-state index contributed by atoms with van der Waals surface area (Å²) in [5, 5.41) is 4.22. The Morgan fingerprint density at radius 3 is 2.69 bits per heavy atom. The maximum Gasteiger partial charge on any atom is 0.0478 e. The van der Waals surface area contributed by atoms with Crippen LogP contribution in [0.25, 0.3) is 6.08 Å². The Kier molecular flexibility index (Phi) is 5.58. The van der Waals surface area contributed by atoms with Crippen LogP contribution in [-0.2, 0) is 0 Å². The van der Waals surface area contributed by atoms with Crippen LogP contribution in [0, 0.1) is 5.92 Å². The zero-order valence-corrected chi connectivity index (χ0v) is 11.0. The molecule has 0 radical (unpaired) electrons. The minimum atomic E-state index is 0.688. The second-order valence-corrected chi connectivity index (χ2v) is 4.94. The fourth-order valence-electron chi connectivity index (χ4n) is 1.47. The van der Waals surface area contributed by atoms with Gasteiger partial charge in [-0.2, -0.15) is 0 Å². The van der Waals surface area contributed by atoms with E-state index in [-0.39, 0.29) is 0 Å². The Hall–Kier alpha value is -0.790. The average molecular weight is 238 g/mol. The van der Waals surface area contributed by atoms with Crippen LogP contribution in [0.4, 0.5) is 0 Å². The molecule has 0 atom stereocenters. The van der Waals surface area contributed by atoms with Crippen LogP contribution < -0.4 is 5.32 Å². The van der Waals surface area contributed by atoms with Crippen LogP contribution >= 0.6 is 11.6 Å². The molecule has 0 aliphatic heterocycles. The van der Waals surface area contributed by atoms with Crippen molar-refractivity contribution in [3.05, 3.63) is 40.4 Å². The molecule has 0 bridgehead atoms. The van der Waals surface area contributed by atoms with Gasteiger partial charge in [0.2, 0.25) is 0 Å². The lowest BCUT2D eigenvalue weighted by Crippen LogP contribution is -2.21. The highest BCUT2D eigenvalue weighted by Crippen LogP contribution is 2.17. The maximum atomic E-state index is 6.09. The molecule has 0 amide bonds. The molecular formula is C14H20ClN. The molecule has 0 aliphatic rings. The van der Waals surface area contributed by atoms with E-state index in [0.717, 1.165) is 23.7 Å².